The summed E-state index contributed by atoms with van der Waals surface area (Å²) in [6.45, 7) is 6.90. The van der Waals surface area contributed by atoms with Crippen LogP contribution in [0.15, 0.2) is 0 Å². The molecule has 3 heteroatoms. The Balaban J connectivity index is 2.30. The van der Waals surface area contributed by atoms with Gasteiger partial charge in [-0.1, -0.05) is 13.8 Å². The van der Waals surface area contributed by atoms with Crippen molar-refractivity contribution in [3.8, 4) is 0 Å². The fourth-order valence-corrected chi connectivity index (χ4v) is 1.67. The molecule has 70 valence electrons. The molecule has 0 aromatic heterocycles. The first-order valence-corrected chi connectivity index (χ1v) is 4.60. The van der Waals surface area contributed by atoms with Gasteiger partial charge in [0.25, 0.3) is 0 Å². The van der Waals surface area contributed by atoms with Crippen LogP contribution in [0, 0.1) is 5.92 Å². The summed E-state index contributed by atoms with van der Waals surface area (Å²) in [5, 5.41) is 6.32. The summed E-state index contributed by atoms with van der Waals surface area (Å²) in [6, 6.07) is 0.914. The molecule has 0 bridgehead atoms. The highest BCUT2D eigenvalue weighted by molar-refractivity contribution is 5.73. The Morgan fingerprint density at radius 1 is 1.58 bits per heavy atom. The van der Waals surface area contributed by atoms with Crippen molar-refractivity contribution in [2.45, 2.75) is 39.3 Å². The minimum atomic E-state index is 0.0752. The molecule has 2 atom stereocenters. The van der Waals surface area contributed by atoms with E-state index in [1.165, 1.54) is 0 Å². The van der Waals surface area contributed by atoms with Crippen LogP contribution in [0.5, 0.6) is 0 Å². The lowest BCUT2D eigenvalue weighted by atomic mass is 10.0. The molecule has 1 rings (SSSR count). The third-order valence-electron chi connectivity index (χ3n) is 2.38. The van der Waals surface area contributed by atoms with E-state index in [9.17, 15) is 4.79 Å². The second kappa shape index (κ2) is 3.90. The van der Waals surface area contributed by atoms with Gasteiger partial charge in [0, 0.05) is 25.6 Å². The van der Waals surface area contributed by atoms with Gasteiger partial charge < -0.3 is 10.6 Å². The highest BCUT2D eigenvalue weighted by Gasteiger charge is 2.26. The van der Waals surface area contributed by atoms with Gasteiger partial charge in [0.1, 0.15) is 0 Å². The van der Waals surface area contributed by atoms with Crippen LogP contribution >= 0.6 is 0 Å². The minimum absolute atomic E-state index is 0.0752. The second-order valence-corrected chi connectivity index (χ2v) is 3.89. The topological polar surface area (TPSA) is 41.1 Å². The van der Waals surface area contributed by atoms with Gasteiger partial charge in [0.05, 0.1) is 0 Å². The summed E-state index contributed by atoms with van der Waals surface area (Å²) >= 11 is 0. The van der Waals surface area contributed by atoms with Crippen LogP contribution in [0.25, 0.3) is 0 Å². The normalized spacial score (nSPS) is 29.3. The van der Waals surface area contributed by atoms with E-state index in [4.69, 9.17) is 0 Å². The first kappa shape index (κ1) is 9.52. The summed E-state index contributed by atoms with van der Waals surface area (Å²) in [6.07, 6.45) is 1.07. The van der Waals surface area contributed by atoms with E-state index < -0.39 is 0 Å². The average Bonchev–Trinajstić information content (AvgIpc) is 2.34. The van der Waals surface area contributed by atoms with Gasteiger partial charge in [-0.15, -0.1) is 0 Å². The van der Waals surface area contributed by atoms with E-state index >= 15 is 0 Å². The van der Waals surface area contributed by atoms with Crippen molar-refractivity contribution in [2.75, 3.05) is 6.54 Å². The second-order valence-electron chi connectivity index (χ2n) is 3.89. The van der Waals surface area contributed by atoms with Crippen LogP contribution in [-0.4, -0.2) is 24.5 Å². The lowest BCUT2D eigenvalue weighted by Crippen LogP contribution is -2.34. The molecule has 1 saturated heterocycles. The van der Waals surface area contributed by atoms with Crippen molar-refractivity contribution in [1.29, 1.82) is 0 Å². The van der Waals surface area contributed by atoms with E-state index in [1.54, 1.807) is 6.92 Å². The maximum absolute atomic E-state index is 10.7. The molecule has 0 unspecified atom stereocenters. The Kier molecular flexibility index (Phi) is 3.09. The van der Waals surface area contributed by atoms with Gasteiger partial charge in [-0.2, -0.15) is 0 Å². The standard InChI is InChI=1S/C9H18N2O/c1-6(2)9-4-8(5-10-9)11-7(3)12/h6,8-10H,4-5H2,1-3H3,(H,11,12)/t8-,9-/m0/s1. The smallest absolute Gasteiger partial charge is 0.217 e. The molecule has 1 amide bonds. The van der Waals surface area contributed by atoms with Gasteiger partial charge in [0.15, 0.2) is 0 Å². The highest BCUT2D eigenvalue weighted by Crippen LogP contribution is 2.14. The van der Waals surface area contributed by atoms with Crippen molar-refractivity contribution >= 4 is 5.91 Å². The maximum atomic E-state index is 10.7. The van der Waals surface area contributed by atoms with E-state index in [2.05, 4.69) is 24.5 Å². The van der Waals surface area contributed by atoms with Gasteiger partial charge in [-0.05, 0) is 12.3 Å². The Bertz CT molecular complexity index is 168. The van der Waals surface area contributed by atoms with Crippen molar-refractivity contribution in [3.05, 3.63) is 0 Å². The van der Waals surface area contributed by atoms with E-state index in [-0.39, 0.29) is 5.91 Å². The first-order valence-electron chi connectivity index (χ1n) is 4.60. The van der Waals surface area contributed by atoms with Crippen LogP contribution < -0.4 is 10.6 Å². The van der Waals surface area contributed by atoms with E-state index in [0.29, 0.717) is 18.0 Å². The molecule has 0 aliphatic carbocycles. The SMILES string of the molecule is CC(=O)N[C@@H]1CN[C@H](C(C)C)C1. The van der Waals surface area contributed by atoms with Gasteiger partial charge >= 0.3 is 0 Å². The molecular weight excluding hydrogens is 152 g/mol. The predicted octanol–water partition coefficient (Wildman–Crippen LogP) is 0.509. The first-order chi connectivity index (χ1) is 5.59. The summed E-state index contributed by atoms with van der Waals surface area (Å²) in [4.78, 5) is 10.7. The number of amides is 1. The molecule has 3 nitrogen and oxygen atoms in total. The predicted molar refractivity (Wildman–Crippen MR) is 48.9 cm³/mol. The Morgan fingerprint density at radius 3 is 2.67 bits per heavy atom. The molecular formula is C9H18N2O. The maximum Gasteiger partial charge on any atom is 0.217 e. The number of hydrogen-bond donors (Lipinski definition) is 2. The van der Waals surface area contributed by atoms with E-state index in [1.807, 2.05) is 0 Å². The molecule has 1 aliphatic heterocycles. The Hall–Kier alpha value is -0.570. The molecule has 1 heterocycles. The zero-order valence-corrected chi connectivity index (χ0v) is 8.05. The van der Waals surface area contributed by atoms with E-state index in [0.717, 1.165) is 13.0 Å². The Labute approximate surface area is 73.9 Å². The van der Waals surface area contributed by atoms with Crippen molar-refractivity contribution < 1.29 is 4.79 Å². The third-order valence-corrected chi connectivity index (χ3v) is 2.38. The van der Waals surface area contributed by atoms with Crippen LogP contribution in [-0.2, 0) is 4.79 Å². The molecule has 0 aromatic carbocycles. The minimum Gasteiger partial charge on any atom is -0.352 e. The molecule has 2 N–H and O–H groups in total. The summed E-state index contributed by atoms with van der Waals surface area (Å²) in [5.74, 6) is 0.731. The van der Waals surface area contributed by atoms with Crippen molar-refractivity contribution in [2.24, 2.45) is 5.92 Å². The average molecular weight is 170 g/mol. The van der Waals surface area contributed by atoms with Gasteiger partial charge in [0.2, 0.25) is 5.91 Å². The summed E-state index contributed by atoms with van der Waals surface area (Å²) in [5.41, 5.74) is 0. The highest BCUT2D eigenvalue weighted by atomic mass is 16.1. The van der Waals surface area contributed by atoms with Crippen LogP contribution in [0.3, 0.4) is 0 Å². The molecule has 0 aromatic rings. The molecule has 12 heavy (non-hydrogen) atoms. The number of hydrogen-bond acceptors (Lipinski definition) is 2. The molecule has 1 aliphatic rings. The zero-order chi connectivity index (χ0) is 9.14. The molecule has 0 spiro atoms. The number of nitrogens with one attached hydrogen (secondary N) is 2. The van der Waals surface area contributed by atoms with Crippen LogP contribution in [0.2, 0.25) is 0 Å². The lowest BCUT2D eigenvalue weighted by Gasteiger charge is -2.14. The van der Waals surface area contributed by atoms with Gasteiger partial charge in [-0.3, -0.25) is 4.79 Å². The Morgan fingerprint density at radius 2 is 2.25 bits per heavy atom. The largest absolute Gasteiger partial charge is 0.352 e. The van der Waals surface area contributed by atoms with Gasteiger partial charge in [-0.25, -0.2) is 0 Å². The number of carbonyl (C=O) groups excluding carboxylic acids is 1. The van der Waals surface area contributed by atoms with Crippen molar-refractivity contribution in [1.82, 2.24) is 10.6 Å². The number of rotatable bonds is 2. The third kappa shape index (κ3) is 2.48. The lowest BCUT2D eigenvalue weighted by molar-refractivity contribution is -0.119. The quantitative estimate of drug-likeness (QED) is 0.634. The van der Waals surface area contributed by atoms with Crippen molar-refractivity contribution in [3.63, 3.8) is 0 Å². The monoisotopic (exact) mass is 170 g/mol. The fourth-order valence-electron chi connectivity index (χ4n) is 1.67. The molecule has 1 fully saturated rings. The molecule has 0 saturated carbocycles. The fraction of sp³-hybridized carbons (Fsp3) is 0.889. The number of carbonyl (C=O) groups is 1. The molecule has 0 radical (unpaired) electrons. The zero-order valence-electron chi connectivity index (χ0n) is 8.05. The summed E-state index contributed by atoms with van der Waals surface area (Å²) < 4.78 is 0. The van der Waals surface area contributed by atoms with Crippen LogP contribution in [0.4, 0.5) is 0 Å². The summed E-state index contributed by atoms with van der Waals surface area (Å²) in [7, 11) is 0. The van der Waals surface area contributed by atoms with Crippen LogP contribution in [0.1, 0.15) is 27.2 Å².